The number of ether oxygens (including phenoxy) is 2. The summed E-state index contributed by atoms with van der Waals surface area (Å²) in [4.78, 5) is 14.8. The van der Waals surface area contributed by atoms with Gasteiger partial charge in [-0.1, -0.05) is 30.3 Å². The maximum Gasteiger partial charge on any atom is 0.254 e. The third-order valence-corrected chi connectivity index (χ3v) is 4.74. The van der Waals surface area contributed by atoms with Gasteiger partial charge < -0.3 is 14.4 Å². The Labute approximate surface area is 142 Å². The van der Waals surface area contributed by atoms with Gasteiger partial charge in [-0.15, -0.1) is 0 Å². The fourth-order valence-electron chi connectivity index (χ4n) is 3.42. The predicted molar refractivity (Wildman–Crippen MR) is 91.8 cm³/mol. The topological polar surface area (TPSA) is 38.8 Å². The van der Waals surface area contributed by atoms with Crippen LogP contribution in [-0.4, -0.2) is 37.1 Å². The SMILES string of the molecule is O=C(c1ccc2c(c1)OCCCO2)N1CCC(c2ccccc2)C1. The average molecular weight is 323 g/mol. The van der Waals surface area contributed by atoms with Crippen molar-refractivity contribution in [1.29, 1.82) is 0 Å². The van der Waals surface area contributed by atoms with E-state index in [-0.39, 0.29) is 5.91 Å². The van der Waals surface area contributed by atoms with E-state index in [4.69, 9.17) is 9.47 Å². The Morgan fingerprint density at radius 1 is 1.00 bits per heavy atom. The van der Waals surface area contributed by atoms with Crippen LogP contribution in [0.2, 0.25) is 0 Å². The van der Waals surface area contributed by atoms with Crippen molar-refractivity contribution in [3.8, 4) is 11.5 Å². The van der Waals surface area contributed by atoms with E-state index in [0.29, 0.717) is 30.4 Å². The van der Waals surface area contributed by atoms with E-state index < -0.39 is 0 Å². The van der Waals surface area contributed by atoms with Gasteiger partial charge in [0.25, 0.3) is 5.91 Å². The normalized spacial score (nSPS) is 19.8. The van der Waals surface area contributed by atoms with Gasteiger partial charge in [-0.2, -0.15) is 0 Å². The molecule has 24 heavy (non-hydrogen) atoms. The molecule has 124 valence electrons. The van der Waals surface area contributed by atoms with Gasteiger partial charge >= 0.3 is 0 Å². The van der Waals surface area contributed by atoms with Gasteiger partial charge in [0.2, 0.25) is 0 Å². The van der Waals surface area contributed by atoms with Gasteiger partial charge in [0.1, 0.15) is 0 Å². The molecule has 1 amide bonds. The Morgan fingerprint density at radius 3 is 2.62 bits per heavy atom. The first-order chi connectivity index (χ1) is 11.8. The summed E-state index contributed by atoms with van der Waals surface area (Å²) < 4.78 is 11.3. The molecule has 0 bridgehead atoms. The summed E-state index contributed by atoms with van der Waals surface area (Å²) in [5, 5.41) is 0. The molecule has 2 aliphatic heterocycles. The van der Waals surface area contributed by atoms with Crippen LogP contribution in [0.3, 0.4) is 0 Å². The van der Waals surface area contributed by atoms with E-state index in [9.17, 15) is 4.79 Å². The molecule has 0 spiro atoms. The monoisotopic (exact) mass is 323 g/mol. The number of amides is 1. The minimum Gasteiger partial charge on any atom is -0.490 e. The molecule has 1 atom stereocenters. The summed E-state index contributed by atoms with van der Waals surface area (Å²) in [7, 11) is 0. The fourth-order valence-corrected chi connectivity index (χ4v) is 3.42. The van der Waals surface area contributed by atoms with Crippen LogP contribution in [0, 0.1) is 0 Å². The second-order valence-corrected chi connectivity index (χ2v) is 6.36. The lowest BCUT2D eigenvalue weighted by atomic mass is 9.99. The van der Waals surface area contributed by atoms with Crippen LogP contribution in [-0.2, 0) is 0 Å². The fraction of sp³-hybridized carbons (Fsp3) is 0.350. The first-order valence-corrected chi connectivity index (χ1v) is 8.55. The second kappa shape index (κ2) is 6.56. The van der Waals surface area contributed by atoms with Crippen LogP contribution >= 0.6 is 0 Å². The summed E-state index contributed by atoms with van der Waals surface area (Å²) in [5.74, 6) is 1.91. The highest BCUT2D eigenvalue weighted by Gasteiger charge is 2.28. The molecule has 4 rings (SSSR count). The molecule has 1 unspecified atom stereocenters. The number of hydrogen-bond donors (Lipinski definition) is 0. The smallest absolute Gasteiger partial charge is 0.254 e. The van der Waals surface area contributed by atoms with Gasteiger partial charge in [0.05, 0.1) is 13.2 Å². The van der Waals surface area contributed by atoms with E-state index in [1.54, 1.807) is 0 Å². The molecule has 0 N–H and O–H groups in total. The van der Waals surface area contributed by atoms with Crippen LogP contribution < -0.4 is 9.47 Å². The Morgan fingerprint density at radius 2 is 1.79 bits per heavy atom. The van der Waals surface area contributed by atoms with E-state index in [0.717, 1.165) is 31.7 Å². The zero-order valence-corrected chi connectivity index (χ0v) is 13.6. The Kier molecular flexibility index (Phi) is 4.11. The molecule has 2 aromatic rings. The molecule has 0 saturated carbocycles. The number of carbonyl (C=O) groups is 1. The second-order valence-electron chi connectivity index (χ2n) is 6.36. The van der Waals surface area contributed by atoms with Crippen molar-refractivity contribution in [2.75, 3.05) is 26.3 Å². The van der Waals surface area contributed by atoms with Crippen LogP contribution in [0.25, 0.3) is 0 Å². The Hall–Kier alpha value is -2.49. The summed E-state index contributed by atoms with van der Waals surface area (Å²) in [6.45, 7) is 2.86. The maximum atomic E-state index is 12.8. The lowest BCUT2D eigenvalue weighted by molar-refractivity contribution is 0.0790. The highest BCUT2D eigenvalue weighted by atomic mass is 16.5. The predicted octanol–water partition coefficient (Wildman–Crippen LogP) is 3.48. The largest absolute Gasteiger partial charge is 0.490 e. The lowest BCUT2D eigenvalue weighted by Crippen LogP contribution is -2.28. The average Bonchev–Trinajstić information content (AvgIpc) is 3.01. The quantitative estimate of drug-likeness (QED) is 0.849. The number of carbonyl (C=O) groups excluding carboxylic acids is 1. The minimum atomic E-state index is 0.0732. The number of hydrogen-bond acceptors (Lipinski definition) is 3. The number of fused-ring (bicyclic) bond motifs is 1. The van der Waals surface area contributed by atoms with E-state index in [2.05, 4.69) is 24.3 Å². The summed E-state index contributed by atoms with van der Waals surface area (Å²) in [6, 6.07) is 15.9. The number of rotatable bonds is 2. The van der Waals surface area contributed by atoms with Gasteiger partial charge in [0.15, 0.2) is 11.5 Å². The summed E-state index contributed by atoms with van der Waals surface area (Å²) in [6.07, 6.45) is 1.88. The Bertz CT molecular complexity index is 729. The van der Waals surface area contributed by atoms with Crippen molar-refractivity contribution < 1.29 is 14.3 Å². The third kappa shape index (κ3) is 2.96. The zero-order chi connectivity index (χ0) is 16.4. The van der Waals surface area contributed by atoms with Gasteiger partial charge in [-0.25, -0.2) is 0 Å². The molecule has 2 aliphatic rings. The third-order valence-electron chi connectivity index (χ3n) is 4.74. The number of nitrogens with zero attached hydrogens (tertiary/aromatic N) is 1. The van der Waals surface area contributed by atoms with Crippen molar-refractivity contribution in [2.45, 2.75) is 18.8 Å². The van der Waals surface area contributed by atoms with E-state index >= 15 is 0 Å². The first kappa shape index (κ1) is 15.1. The molecule has 4 nitrogen and oxygen atoms in total. The summed E-state index contributed by atoms with van der Waals surface area (Å²) >= 11 is 0. The highest BCUT2D eigenvalue weighted by molar-refractivity contribution is 5.95. The van der Waals surface area contributed by atoms with Crippen molar-refractivity contribution in [1.82, 2.24) is 4.90 Å². The minimum absolute atomic E-state index is 0.0732. The standard InChI is InChI=1S/C20H21NO3/c22-20(16-7-8-18-19(13-16)24-12-4-11-23-18)21-10-9-17(14-21)15-5-2-1-3-6-15/h1-3,5-8,13,17H,4,9-12,14H2. The van der Waals surface area contributed by atoms with Crippen molar-refractivity contribution in [3.63, 3.8) is 0 Å². The van der Waals surface area contributed by atoms with Gasteiger partial charge in [0, 0.05) is 31.0 Å². The maximum absolute atomic E-state index is 12.8. The number of benzene rings is 2. The van der Waals surface area contributed by atoms with Crippen molar-refractivity contribution in [3.05, 3.63) is 59.7 Å². The first-order valence-electron chi connectivity index (χ1n) is 8.55. The van der Waals surface area contributed by atoms with Crippen LogP contribution in [0.5, 0.6) is 11.5 Å². The zero-order valence-electron chi connectivity index (χ0n) is 13.6. The number of likely N-dealkylation sites (tertiary alicyclic amines) is 1. The van der Waals surface area contributed by atoms with Gasteiger partial charge in [-0.3, -0.25) is 4.79 Å². The van der Waals surface area contributed by atoms with Crippen LogP contribution in [0.15, 0.2) is 48.5 Å². The Balaban J connectivity index is 1.49. The molecule has 2 heterocycles. The molecule has 2 aromatic carbocycles. The van der Waals surface area contributed by atoms with E-state index in [1.165, 1.54) is 5.56 Å². The summed E-state index contributed by atoms with van der Waals surface area (Å²) in [5.41, 5.74) is 1.99. The molecule has 0 radical (unpaired) electrons. The lowest BCUT2D eigenvalue weighted by Gasteiger charge is -2.18. The van der Waals surface area contributed by atoms with Gasteiger partial charge in [-0.05, 0) is 30.2 Å². The molecule has 1 fully saturated rings. The molecular weight excluding hydrogens is 302 g/mol. The van der Waals surface area contributed by atoms with Crippen LogP contribution in [0.1, 0.15) is 34.7 Å². The molecule has 0 aromatic heterocycles. The van der Waals surface area contributed by atoms with Crippen molar-refractivity contribution in [2.24, 2.45) is 0 Å². The molecule has 1 saturated heterocycles. The molecule has 0 aliphatic carbocycles. The van der Waals surface area contributed by atoms with Crippen molar-refractivity contribution >= 4 is 5.91 Å². The molecule has 4 heteroatoms. The van der Waals surface area contributed by atoms with E-state index in [1.807, 2.05) is 29.2 Å². The molecular formula is C20H21NO3. The highest BCUT2D eigenvalue weighted by Crippen LogP contribution is 2.32. The van der Waals surface area contributed by atoms with Crippen LogP contribution in [0.4, 0.5) is 0 Å².